The minimum absolute atomic E-state index is 0.149. The molecule has 0 fully saturated rings. The Morgan fingerprint density at radius 1 is 0.925 bits per heavy atom. The van der Waals surface area contributed by atoms with Crippen LogP contribution in [0.2, 0.25) is 10.0 Å². The second kappa shape index (κ2) is 14.1. The number of amides is 3. The Kier molecular flexibility index (Phi) is 10.3. The molecule has 3 amide bonds. The molecule has 2 N–H and O–H groups in total. The van der Waals surface area contributed by atoms with E-state index < -0.39 is 6.03 Å². The molecule has 0 radical (unpaired) electrons. The average Bonchev–Trinajstić information content (AvgIpc) is 3.37. The highest BCUT2D eigenvalue weighted by Gasteiger charge is 2.23. The zero-order valence-corrected chi connectivity index (χ0v) is 24.0. The summed E-state index contributed by atoms with van der Waals surface area (Å²) in [6.07, 6.45) is 2.61. The number of rotatable bonds is 12. The number of carbonyl (C=O) groups is 2. The number of H-pyrrole nitrogens is 1. The molecule has 0 atom stereocenters. The standard InChI is InChI=1S/C30H32Cl2N4O4/c1-39-16-15-36(30(38)34-27-12-11-23(31)17-25(27)32)20-29(37)35(19-22-7-3-6-10-28(22)40-2)14-13-21-18-33-26-9-5-4-8-24(21)26/h3-12,17-18,33H,13-16,19-20H2,1-2H3,(H,34,38). The average molecular weight is 584 g/mol. The number of aromatic amines is 1. The lowest BCUT2D eigenvalue weighted by Crippen LogP contribution is -2.46. The number of urea groups is 1. The number of ether oxygens (including phenoxy) is 2. The molecule has 0 aliphatic carbocycles. The molecule has 0 aliphatic heterocycles. The molecule has 0 unspecified atom stereocenters. The summed E-state index contributed by atoms with van der Waals surface area (Å²) < 4.78 is 10.7. The van der Waals surface area contributed by atoms with Crippen molar-refractivity contribution in [2.75, 3.05) is 45.8 Å². The SMILES string of the molecule is COCCN(CC(=O)N(CCc1c[nH]c2ccccc12)Cc1ccccc1OC)C(=O)Nc1ccc(Cl)cc1Cl. The number of anilines is 1. The molecule has 8 nitrogen and oxygen atoms in total. The number of hydrogen-bond acceptors (Lipinski definition) is 4. The van der Waals surface area contributed by atoms with Gasteiger partial charge in [0.2, 0.25) is 5.91 Å². The Labute approximate surface area is 243 Å². The molecular formula is C30H32Cl2N4O4. The van der Waals surface area contributed by atoms with Crippen molar-refractivity contribution >= 4 is 51.7 Å². The first kappa shape index (κ1) is 29.3. The molecule has 0 saturated heterocycles. The molecule has 10 heteroatoms. The van der Waals surface area contributed by atoms with Crippen LogP contribution in [0.4, 0.5) is 10.5 Å². The number of aromatic nitrogens is 1. The summed E-state index contributed by atoms with van der Waals surface area (Å²) >= 11 is 12.2. The van der Waals surface area contributed by atoms with Crippen LogP contribution in [0.3, 0.4) is 0 Å². The maximum atomic E-state index is 13.8. The van der Waals surface area contributed by atoms with Crippen molar-refractivity contribution < 1.29 is 19.1 Å². The van der Waals surface area contributed by atoms with E-state index in [-0.39, 0.29) is 25.6 Å². The number of halogens is 2. The van der Waals surface area contributed by atoms with Crippen molar-refractivity contribution in [1.29, 1.82) is 0 Å². The van der Waals surface area contributed by atoms with Crippen molar-refractivity contribution in [3.8, 4) is 5.75 Å². The molecule has 4 aromatic rings. The number of nitrogens with one attached hydrogen (secondary N) is 2. The number of para-hydroxylation sites is 2. The minimum atomic E-state index is -0.469. The highest BCUT2D eigenvalue weighted by Crippen LogP contribution is 2.26. The van der Waals surface area contributed by atoms with Gasteiger partial charge in [0.25, 0.3) is 0 Å². The Hall–Kier alpha value is -3.72. The van der Waals surface area contributed by atoms with E-state index in [9.17, 15) is 9.59 Å². The summed E-state index contributed by atoms with van der Waals surface area (Å²) in [4.78, 5) is 33.5. The maximum Gasteiger partial charge on any atom is 0.322 e. The highest BCUT2D eigenvalue weighted by molar-refractivity contribution is 6.36. The third-order valence-electron chi connectivity index (χ3n) is 6.58. The molecule has 0 aliphatic rings. The van der Waals surface area contributed by atoms with E-state index in [1.54, 1.807) is 37.3 Å². The van der Waals surface area contributed by atoms with Gasteiger partial charge in [0.1, 0.15) is 12.3 Å². The van der Waals surface area contributed by atoms with Gasteiger partial charge in [-0.1, -0.05) is 59.6 Å². The maximum absolute atomic E-state index is 13.8. The lowest BCUT2D eigenvalue weighted by atomic mass is 10.1. The monoisotopic (exact) mass is 582 g/mol. The first-order chi connectivity index (χ1) is 19.4. The minimum Gasteiger partial charge on any atom is -0.496 e. The van der Waals surface area contributed by atoms with E-state index in [2.05, 4.69) is 16.4 Å². The summed E-state index contributed by atoms with van der Waals surface area (Å²) in [7, 11) is 3.15. The number of carbonyl (C=O) groups excluding carboxylic acids is 2. The van der Waals surface area contributed by atoms with E-state index in [4.69, 9.17) is 32.7 Å². The van der Waals surface area contributed by atoms with Gasteiger partial charge in [-0.3, -0.25) is 4.79 Å². The fourth-order valence-electron chi connectivity index (χ4n) is 4.43. The lowest BCUT2D eigenvalue weighted by Gasteiger charge is -2.28. The molecule has 3 aromatic carbocycles. The Morgan fingerprint density at radius 2 is 1.70 bits per heavy atom. The number of nitrogens with zero attached hydrogens (tertiary/aromatic N) is 2. The molecule has 210 valence electrons. The van der Waals surface area contributed by atoms with Crippen molar-refractivity contribution in [2.24, 2.45) is 0 Å². The number of benzene rings is 3. The quantitative estimate of drug-likeness (QED) is 0.207. The van der Waals surface area contributed by atoms with Gasteiger partial charge in [-0.2, -0.15) is 0 Å². The van der Waals surface area contributed by atoms with Gasteiger partial charge in [0.15, 0.2) is 0 Å². The topological polar surface area (TPSA) is 86.9 Å². The normalized spacial score (nSPS) is 10.9. The highest BCUT2D eigenvalue weighted by atomic mass is 35.5. The van der Waals surface area contributed by atoms with Crippen LogP contribution in [0.5, 0.6) is 5.75 Å². The molecule has 40 heavy (non-hydrogen) atoms. The van der Waals surface area contributed by atoms with Gasteiger partial charge in [0, 0.05) is 54.4 Å². The van der Waals surface area contributed by atoms with Gasteiger partial charge >= 0.3 is 6.03 Å². The lowest BCUT2D eigenvalue weighted by molar-refractivity contribution is -0.132. The molecule has 1 heterocycles. The predicted molar refractivity (Wildman–Crippen MR) is 159 cm³/mol. The predicted octanol–water partition coefficient (Wildman–Crippen LogP) is 6.24. The number of methoxy groups -OCH3 is 2. The molecule has 0 spiro atoms. The fourth-order valence-corrected chi connectivity index (χ4v) is 4.88. The van der Waals surface area contributed by atoms with Gasteiger partial charge < -0.3 is 29.6 Å². The molecule has 0 saturated carbocycles. The summed E-state index contributed by atoms with van der Waals surface area (Å²) in [6.45, 7) is 1.10. The van der Waals surface area contributed by atoms with Crippen molar-refractivity contribution in [3.63, 3.8) is 0 Å². The Morgan fingerprint density at radius 3 is 2.48 bits per heavy atom. The van der Waals surface area contributed by atoms with Crippen molar-refractivity contribution in [3.05, 3.63) is 94.1 Å². The summed E-state index contributed by atoms with van der Waals surface area (Å²) in [5.74, 6) is 0.484. The second-order valence-electron chi connectivity index (χ2n) is 9.21. The van der Waals surface area contributed by atoms with E-state index in [1.165, 1.54) is 4.90 Å². The molecular weight excluding hydrogens is 551 g/mol. The van der Waals surface area contributed by atoms with Crippen molar-refractivity contribution in [2.45, 2.75) is 13.0 Å². The zero-order chi connectivity index (χ0) is 28.5. The number of hydrogen-bond donors (Lipinski definition) is 2. The van der Waals surface area contributed by atoms with Crippen LogP contribution < -0.4 is 10.1 Å². The smallest absolute Gasteiger partial charge is 0.322 e. The molecule has 0 bridgehead atoms. The number of fused-ring (bicyclic) bond motifs is 1. The van der Waals surface area contributed by atoms with Crippen LogP contribution in [0.15, 0.2) is 72.9 Å². The summed E-state index contributed by atoms with van der Waals surface area (Å²) in [6, 6.07) is 20.0. The third-order valence-corrected chi connectivity index (χ3v) is 7.13. The van der Waals surface area contributed by atoms with Crippen LogP contribution in [0.25, 0.3) is 10.9 Å². The summed E-state index contributed by atoms with van der Waals surface area (Å²) in [5, 5.41) is 4.65. The van der Waals surface area contributed by atoms with Crippen LogP contribution in [0, 0.1) is 0 Å². The van der Waals surface area contributed by atoms with Gasteiger partial charge in [0.05, 0.1) is 24.4 Å². The van der Waals surface area contributed by atoms with Gasteiger partial charge in [-0.05, 0) is 42.3 Å². The fraction of sp³-hybridized carbons (Fsp3) is 0.267. The van der Waals surface area contributed by atoms with Gasteiger partial charge in [-0.15, -0.1) is 0 Å². The third kappa shape index (κ3) is 7.47. The van der Waals surface area contributed by atoms with E-state index >= 15 is 0 Å². The first-order valence-corrected chi connectivity index (χ1v) is 13.6. The zero-order valence-electron chi connectivity index (χ0n) is 22.5. The van der Waals surface area contributed by atoms with Crippen LogP contribution >= 0.6 is 23.2 Å². The Bertz CT molecular complexity index is 1460. The van der Waals surface area contributed by atoms with Gasteiger partial charge in [-0.25, -0.2) is 4.79 Å². The summed E-state index contributed by atoms with van der Waals surface area (Å²) in [5.41, 5.74) is 3.43. The van der Waals surface area contributed by atoms with Crippen LogP contribution in [-0.4, -0.2) is 67.2 Å². The van der Waals surface area contributed by atoms with Crippen LogP contribution in [0.1, 0.15) is 11.1 Å². The van der Waals surface area contributed by atoms with Crippen LogP contribution in [-0.2, 0) is 22.5 Å². The second-order valence-corrected chi connectivity index (χ2v) is 10.0. The van der Waals surface area contributed by atoms with E-state index in [0.717, 1.165) is 22.0 Å². The largest absolute Gasteiger partial charge is 0.496 e. The van der Waals surface area contributed by atoms with E-state index in [1.807, 2.05) is 48.7 Å². The Balaban J connectivity index is 1.54. The molecule has 4 rings (SSSR count). The first-order valence-electron chi connectivity index (χ1n) is 12.8. The molecule has 1 aromatic heterocycles. The van der Waals surface area contributed by atoms with Crippen molar-refractivity contribution in [1.82, 2.24) is 14.8 Å². The van der Waals surface area contributed by atoms with E-state index in [0.29, 0.717) is 41.0 Å².